The summed E-state index contributed by atoms with van der Waals surface area (Å²) < 4.78 is 10.6. The second kappa shape index (κ2) is 8.83. The maximum Gasteiger partial charge on any atom is 0.439 e. The van der Waals surface area contributed by atoms with E-state index in [0.717, 1.165) is 16.9 Å². The lowest BCUT2D eigenvalue weighted by Crippen LogP contribution is -2.46. The summed E-state index contributed by atoms with van der Waals surface area (Å²) >= 11 is 1.03. The van der Waals surface area contributed by atoms with Crippen LogP contribution in [0.15, 0.2) is 30.3 Å². The van der Waals surface area contributed by atoms with Crippen molar-refractivity contribution in [3.05, 3.63) is 35.2 Å². The van der Waals surface area contributed by atoms with Crippen molar-refractivity contribution in [1.82, 2.24) is 9.99 Å². The number of Topliss-reactive ketones (excluding diaryl/α,β-unsaturated/α-hetero) is 1. The van der Waals surface area contributed by atoms with Gasteiger partial charge in [0, 0.05) is 12.5 Å². The molecular formula is C21H27N3O5S. The number of hydrogen-bond donors (Lipinski definition) is 1. The van der Waals surface area contributed by atoms with Gasteiger partial charge in [-0.2, -0.15) is 0 Å². The summed E-state index contributed by atoms with van der Waals surface area (Å²) in [5.74, 6) is -0.180. The number of nitrogens with zero attached hydrogens (tertiary/aromatic N) is 2. The molecule has 30 heavy (non-hydrogen) atoms. The number of benzene rings is 1. The number of hydrogen-bond acceptors (Lipinski definition) is 8. The topological polar surface area (TPSA) is 97.8 Å². The predicted molar refractivity (Wildman–Crippen MR) is 115 cm³/mol. The van der Waals surface area contributed by atoms with Crippen LogP contribution in [-0.4, -0.2) is 39.2 Å². The molecular weight excluding hydrogens is 406 g/mol. The number of thiazole rings is 1. The third-order valence-corrected chi connectivity index (χ3v) is 4.41. The molecule has 0 radical (unpaired) electrons. The molecule has 2 amide bonds. The lowest BCUT2D eigenvalue weighted by Gasteiger charge is -2.28. The zero-order valence-corrected chi connectivity index (χ0v) is 19.0. The average Bonchev–Trinajstić information content (AvgIpc) is 3.01. The number of ketones is 1. The van der Waals surface area contributed by atoms with Crippen LogP contribution in [0.2, 0.25) is 0 Å². The van der Waals surface area contributed by atoms with Crippen LogP contribution in [-0.2, 0) is 9.47 Å². The van der Waals surface area contributed by atoms with Gasteiger partial charge in [-0.05, 0) is 41.5 Å². The number of anilines is 1. The van der Waals surface area contributed by atoms with Gasteiger partial charge in [0.05, 0.1) is 10.6 Å². The number of rotatable bonds is 4. The minimum Gasteiger partial charge on any atom is -0.442 e. The fourth-order valence-electron chi connectivity index (χ4n) is 2.27. The van der Waals surface area contributed by atoms with Crippen LogP contribution in [0.25, 0.3) is 11.3 Å². The van der Waals surface area contributed by atoms with Crippen molar-refractivity contribution < 1.29 is 23.9 Å². The molecule has 0 atom stereocenters. The van der Waals surface area contributed by atoms with E-state index in [9.17, 15) is 14.4 Å². The quantitative estimate of drug-likeness (QED) is 0.501. The Morgan fingerprint density at radius 1 is 0.933 bits per heavy atom. The molecule has 0 fully saturated rings. The molecule has 1 heterocycles. The van der Waals surface area contributed by atoms with Crippen LogP contribution in [0.3, 0.4) is 0 Å². The molecule has 0 aliphatic heterocycles. The van der Waals surface area contributed by atoms with Crippen LogP contribution in [0.5, 0.6) is 0 Å². The number of carbonyl (C=O) groups excluding carboxylic acids is 3. The van der Waals surface area contributed by atoms with E-state index in [1.165, 1.54) is 6.92 Å². The van der Waals surface area contributed by atoms with E-state index in [2.05, 4.69) is 10.4 Å². The number of nitrogens with one attached hydrogen (secondary N) is 1. The third kappa shape index (κ3) is 6.55. The van der Waals surface area contributed by atoms with E-state index in [1.807, 2.05) is 30.3 Å². The summed E-state index contributed by atoms with van der Waals surface area (Å²) in [6.07, 6.45) is -1.89. The van der Waals surface area contributed by atoms with Gasteiger partial charge in [-0.15, -0.1) is 5.01 Å². The Balaban J connectivity index is 2.40. The van der Waals surface area contributed by atoms with Crippen LogP contribution in [0.4, 0.5) is 14.7 Å². The van der Waals surface area contributed by atoms with Crippen molar-refractivity contribution in [1.29, 1.82) is 0 Å². The largest absolute Gasteiger partial charge is 0.442 e. The number of hydrazine groups is 1. The molecule has 0 saturated heterocycles. The molecule has 162 valence electrons. The van der Waals surface area contributed by atoms with Crippen molar-refractivity contribution in [2.24, 2.45) is 0 Å². The molecule has 2 aromatic rings. The van der Waals surface area contributed by atoms with Crippen molar-refractivity contribution in [2.45, 2.75) is 59.7 Å². The first kappa shape index (κ1) is 23.3. The Morgan fingerprint density at radius 3 is 1.87 bits per heavy atom. The molecule has 0 unspecified atom stereocenters. The third-order valence-electron chi connectivity index (χ3n) is 3.35. The minimum absolute atomic E-state index is 0.177. The Morgan fingerprint density at radius 2 is 1.43 bits per heavy atom. The molecule has 0 saturated carbocycles. The monoisotopic (exact) mass is 433 g/mol. The highest BCUT2D eigenvalue weighted by atomic mass is 32.1. The summed E-state index contributed by atoms with van der Waals surface area (Å²) in [7, 11) is 0. The van der Waals surface area contributed by atoms with Gasteiger partial charge in [-0.1, -0.05) is 41.7 Å². The Bertz CT molecular complexity index is 898. The standard InChI is InChI=1S/C21H27N3O5S/c1-13(25)16-15(14-11-9-8-10-12-14)22-17(30-16)23-24(18(26)28-20(2,3)4)19(27)29-21(5,6)7/h8-12H,1-7H3,(H,22,23). The molecule has 0 spiro atoms. The second-order valence-electron chi connectivity index (χ2n) is 8.53. The first-order valence-electron chi connectivity index (χ1n) is 9.37. The highest BCUT2D eigenvalue weighted by molar-refractivity contribution is 7.18. The maximum atomic E-state index is 12.6. The Hall–Kier alpha value is -2.94. The van der Waals surface area contributed by atoms with Crippen molar-refractivity contribution in [3.8, 4) is 11.3 Å². The van der Waals surface area contributed by atoms with E-state index in [1.54, 1.807) is 41.5 Å². The van der Waals surface area contributed by atoms with Gasteiger partial charge in [-0.3, -0.25) is 10.2 Å². The fourth-order valence-corrected chi connectivity index (χ4v) is 3.15. The first-order valence-corrected chi connectivity index (χ1v) is 10.2. The minimum atomic E-state index is -0.947. The van der Waals surface area contributed by atoms with Gasteiger partial charge in [0.15, 0.2) is 5.78 Å². The normalized spacial score (nSPS) is 11.6. The van der Waals surface area contributed by atoms with Gasteiger partial charge < -0.3 is 9.47 Å². The predicted octanol–water partition coefficient (Wildman–Crippen LogP) is 5.51. The summed E-state index contributed by atoms with van der Waals surface area (Å²) in [6, 6.07) is 9.17. The number of amides is 2. The molecule has 1 aromatic carbocycles. The molecule has 1 N–H and O–H groups in total. The number of imide groups is 1. The molecule has 2 rings (SSSR count). The Labute approximate surface area is 180 Å². The van der Waals surface area contributed by atoms with Crippen molar-refractivity contribution in [2.75, 3.05) is 5.43 Å². The summed E-state index contributed by atoms with van der Waals surface area (Å²) in [5, 5.41) is 0.796. The zero-order chi connectivity index (χ0) is 22.7. The number of carbonyl (C=O) groups is 3. The number of aromatic nitrogens is 1. The maximum absolute atomic E-state index is 12.6. The van der Waals surface area contributed by atoms with E-state index in [0.29, 0.717) is 15.6 Å². The SMILES string of the molecule is CC(=O)c1sc(NN(C(=O)OC(C)(C)C)C(=O)OC(C)(C)C)nc1-c1ccccc1. The zero-order valence-electron chi connectivity index (χ0n) is 18.2. The van der Waals surface area contributed by atoms with Crippen molar-refractivity contribution in [3.63, 3.8) is 0 Å². The van der Waals surface area contributed by atoms with Crippen molar-refractivity contribution >= 4 is 34.4 Å². The molecule has 0 aliphatic carbocycles. The lowest BCUT2D eigenvalue weighted by atomic mass is 10.1. The van der Waals surface area contributed by atoms with Gasteiger partial charge in [0.25, 0.3) is 0 Å². The molecule has 0 aliphatic rings. The molecule has 9 heteroatoms. The second-order valence-corrected chi connectivity index (χ2v) is 9.53. The summed E-state index contributed by atoms with van der Waals surface area (Å²) in [5.41, 5.74) is 2.19. The smallest absolute Gasteiger partial charge is 0.439 e. The summed E-state index contributed by atoms with van der Waals surface area (Å²) in [4.78, 5) is 42.2. The number of ether oxygens (including phenoxy) is 2. The highest BCUT2D eigenvalue weighted by Crippen LogP contribution is 2.32. The van der Waals surface area contributed by atoms with Crippen LogP contribution in [0.1, 0.15) is 58.1 Å². The fraction of sp³-hybridized carbons (Fsp3) is 0.429. The van der Waals surface area contributed by atoms with E-state index >= 15 is 0 Å². The van der Waals surface area contributed by atoms with Gasteiger partial charge in [0.2, 0.25) is 5.13 Å². The highest BCUT2D eigenvalue weighted by Gasteiger charge is 2.33. The van der Waals surface area contributed by atoms with Gasteiger partial charge in [-0.25, -0.2) is 14.6 Å². The van der Waals surface area contributed by atoms with Crippen LogP contribution in [0, 0.1) is 0 Å². The lowest BCUT2D eigenvalue weighted by molar-refractivity contribution is 0.00640. The van der Waals surface area contributed by atoms with E-state index < -0.39 is 23.4 Å². The van der Waals surface area contributed by atoms with Gasteiger partial charge in [0.1, 0.15) is 11.2 Å². The van der Waals surface area contributed by atoms with Gasteiger partial charge >= 0.3 is 12.2 Å². The molecule has 1 aromatic heterocycles. The Kier molecular flexibility index (Phi) is 6.87. The first-order chi connectivity index (χ1) is 13.8. The average molecular weight is 434 g/mol. The molecule has 0 bridgehead atoms. The molecule has 8 nitrogen and oxygen atoms in total. The van der Waals surface area contributed by atoms with Crippen LogP contribution >= 0.6 is 11.3 Å². The van der Waals surface area contributed by atoms with Crippen LogP contribution < -0.4 is 5.43 Å². The summed E-state index contributed by atoms with van der Waals surface area (Å²) in [6.45, 7) is 11.5. The van der Waals surface area contributed by atoms with E-state index in [-0.39, 0.29) is 10.9 Å². The van der Waals surface area contributed by atoms with E-state index in [4.69, 9.17) is 9.47 Å².